The molecule has 0 saturated heterocycles. The van der Waals surface area contributed by atoms with Crippen molar-refractivity contribution in [1.82, 2.24) is 0 Å². The van der Waals surface area contributed by atoms with E-state index in [2.05, 4.69) is 0 Å². The average Bonchev–Trinajstić information content (AvgIpc) is 2.30. The quantitative estimate of drug-likeness (QED) is 0.627. The number of hydrogen-bond acceptors (Lipinski definition) is 4. The first-order valence-electron chi connectivity index (χ1n) is 5.38. The lowest BCUT2D eigenvalue weighted by atomic mass is 10.2. The zero-order valence-electron chi connectivity index (χ0n) is 9.85. The van der Waals surface area contributed by atoms with Crippen LogP contribution in [-0.4, -0.2) is 25.7 Å². The van der Waals surface area contributed by atoms with Crippen LogP contribution in [0.2, 0.25) is 0 Å². The van der Waals surface area contributed by atoms with E-state index in [4.69, 9.17) is 15.2 Å². The van der Waals surface area contributed by atoms with E-state index < -0.39 is 0 Å². The summed E-state index contributed by atoms with van der Waals surface area (Å²) in [6.07, 6.45) is 0.819. The van der Waals surface area contributed by atoms with E-state index in [9.17, 15) is 4.79 Å². The Morgan fingerprint density at radius 3 is 2.47 bits per heavy atom. The van der Waals surface area contributed by atoms with Gasteiger partial charge in [0.1, 0.15) is 5.75 Å². The molecule has 0 amide bonds. The minimum atomic E-state index is -0.309. The number of hydrogen-bond donors (Lipinski definition) is 1. The molecule has 96 valence electrons. The molecule has 0 fully saturated rings. The summed E-state index contributed by atoms with van der Waals surface area (Å²) in [4.78, 5) is 11.3. The smallest absolute Gasteiger partial charge is 0.338 e. The van der Waals surface area contributed by atoms with E-state index in [1.807, 2.05) is 0 Å². The number of rotatable bonds is 6. The van der Waals surface area contributed by atoms with Crippen molar-refractivity contribution in [2.45, 2.75) is 13.3 Å². The molecule has 5 heteroatoms. The summed E-state index contributed by atoms with van der Waals surface area (Å²) in [5, 5.41) is 0. The standard InChI is InChI=1S/C12H17NO3.ClH/c1-2-15-12(14)10-4-6-11(7-5-10)16-9-3-8-13;/h4-7H,2-3,8-9,13H2,1H3;1H. The number of ether oxygens (including phenoxy) is 2. The number of nitrogens with two attached hydrogens (primary N) is 1. The van der Waals surface area contributed by atoms with Crippen molar-refractivity contribution < 1.29 is 14.3 Å². The first kappa shape index (κ1) is 15.7. The van der Waals surface area contributed by atoms with Gasteiger partial charge in [-0.05, 0) is 44.2 Å². The van der Waals surface area contributed by atoms with E-state index in [0.29, 0.717) is 25.3 Å². The van der Waals surface area contributed by atoms with Gasteiger partial charge in [-0.2, -0.15) is 0 Å². The first-order chi connectivity index (χ1) is 7.77. The SMILES string of the molecule is CCOC(=O)c1ccc(OCCCN)cc1.Cl. The molecule has 4 nitrogen and oxygen atoms in total. The third kappa shape index (κ3) is 5.56. The van der Waals surface area contributed by atoms with Crippen LogP contribution in [0.25, 0.3) is 0 Å². The molecular formula is C12H18ClNO3. The lowest BCUT2D eigenvalue weighted by Gasteiger charge is -2.06. The number of esters is 1. The van der Waals surface area contributed by atoms with Crippen molar-refractivity contribution in [3.63, 3.8) is 0 Å². The van der Waals surface area contributed by atoms with Crippen LogP contribution in [0.5, 0.6) is 5.75 Å². The van der Waals surface area contributed by atoms with E-state index in [0.717, 1.165) is 12.2 Å². The average molecular weight is 260 g/mol. The minimum absolute atomic E-state index is 0. The first-order valence-corrected chi connectivity index (χ1v) is 5.38. The molecule has 0 bridgehead atoms. The maximum absolute atomic E-state index is 11.3. The predicted octanol–water partition coefficient (Wildman–Crippen LogP) is 2.01. The highest BCUT2D eigenvalue weighted by Gasteiger charge is 2.05. The predicted molar refractivity (Wildman–Crippen MR) is 68.8 cm³/mol. The molecule has 0 aliphatic rings. The molecule has 0 spiro atoms. The second-order valence-corrected chi connectivity index (χ2v) is 3.24. The molecule has 0 aliphatic carbocycles. The molecule has 0 heterocycles. The van der Waals surface area contributed by atoms with Gasteiger partial charge in [0.2, 0.25) is 0 Å². The second-order valence-electron chi connectivity index (χ2n) is 3.24. The van der Waals surface area contributed by atoms with Gasteiger partial charge >= 0.3 is 5.97 Å². The van der Waals surface area contributed by atoms with E-state index in [1.165, 1.54) is 0 Å². The third-order valence-electron chi connectivity index (χ3n) is 1.98. The fourth-order valence-corrected chi connectivity index (χ4v) is 1.18. The normalized spacial score (nSPS) is 9.29. The number of benzene rings is 1. The van der Waals surface area contributed by atoms with Crippen LogP contribution in [0, 0.1) is 0 Å². The molecule has 0 saturated carbocycles. The number of carbonyl (C=O) groups excluding carboxylic acids is 1. The Labute approximate surface area is 108 Å². The molecule has 1 rings (SSSR count). The summed E-state index contributed by atoms with van der Waals surface area (Å²) in [6, 6.07) is 6.89. The Morgan fingerprint density at radius 1 is 1.29 bits per heavy atom. The molecule has 0 aromatic heterocycles. The maximum atomic E-state index is 11.3. The Balaban J connectivity index is 0.00000256. The molecule has 0 atom stereocenters. The van der Waals surface area contributed by atoms with Gasteiger partial charge in [-0.3, -0.25) is 0 Å². The highest BCUT2D eigenvalue weighted by atomic mass is 35.5. The van der Waals surface area contributed by atoms with Crippen molar-refractivity contribution in [1.29, 1.82) is 0 Å². The van der Waals surface area contributed by atoms with Gasteiger partial charge < -0.3 is 15.2 Å². The summed E-state index contributed by atoms with van der Waals surface area (Å²) >= 11 is 0. The van der Waals surface area contributed by atoms with Crippen LogP contribution in [0.15, 0.2) is 24.3 Å². The maximum Gasteiger partial charge on any atom is 0.338 e. The van der Waals surface area contributed by atoms with Crippen LogP contribution in [0.3, 0.4) is 0 Å². The summed E-state index contributed by atoms with van der Waals surface area (Å²) < 4.78 is 10.3. The fraction of sp³-hybridized carbons (Fsp3) is 0.417. The monoisotopic (exact) mass is 259 g/mol. The molecule has 1 aromatic rings. The van der Waals surface area contributed by atoms with Crippen molar-refractivity contribution in [3.05, 3.63) is 29.8 Å². The van der Waals surface area contributed by atoms with Crippen LogP contribution >= 0.6 is 12.4 Å². The van der Waals surface area contributed by atoms with Crippen molar-refractivity contribution >= 4 is 18.4 Å². The summed E-state index contributed by atoms with van der Waals surface area (Å²) in [7, 11) is 0. The van der Waals surface area contributed by atoms with E-state index in [-0.39, 0.29) is 18.4 Å². The van der Waals surface area contributed by atoms with E-state index >= 15 is 0 Å². The van der Waals surface area contributed by atoms with Crippen molar-refractivity contribution in [2.75, 3.05) is 19.8 Å². The van der Waals surface area contributed by atoms with Gasteiger partial charge in [-0.1, -0.05) is 0 Å². The molecule has 0 aliphatic heterocycles. The Hall–Kier alpha value is -1.26. The highest BCUT2D eigenvalue weighted by Crippen LogP contribution is 2.13. The van der Waals surface area contributed by atoms with Gasteiger partial charge in [0.25, 0.3) is 0 Å². The summed E-state index contributed by atoms with van der Waals surface area (Å²) in [5.74, 6) is 0.428. The number of carbonyl (C=O) groups is 1. The van der Waals surface area contributed by atoms with Gasteiger partial charge in [0.05, 0.1) is 18.8 Å². The van der Waals surface area contributed by atoms with Crippen molar-refractivity contribution in [3.8, 4) is 5.75 Å². The lowest BCUT2D eigenvalue weighted by Crippen LogP contribution is -2.07. The molecular weight excluding hydrogens is 242 g/mol. The van der Waals surface area contributed by atoms with Crippen LogP contribution in [0.4, 0.5) is 0 Å². The zero-order valence-corrected chi connectivity index (χ0v) is 10.7. The summed E-state index contributed by atoms with van der Waals surface area (Å²) in [6.45, 7) is 3.37. The third-order valence-corrected chi connectivity index (χ3v) is 1.98. The van der Waals surface area contributed by atoms with Crippen LogP contribution in [-0.2, 0) is 4.74 Å². The largest absolute Gasteiger partial charge is 0.494 e. The summed E-state index contributed by atoms with van der Waals surface area (Å²) in [5.41, 5.74) is 5.88. The van der Waals surface area contributed by atoms with Crippen LogP contribution in [0.1, 0.15) is 23.7 Å². The van der Waals surface area contributed by atoms with Gasteiger partial charge in [-0.15, -0.1) is 12.4 Å². The van der Waals surface area contributed by atoms with Crippen molar-refractivity contribution in [2.24, 2.45) is 5.73 Å². The van der Waals surface area contributed by atoms with Crippen LogP contribution < -0.4 is 10.5 Å². The topological polar surface area (TPSA) is 61.5 Å². The Bertz CT molecular complexity index is 327. The van der Waals surface area contributed by atoms with Gasteiger partial charge in [-0.25, -0.2) is 4.79 Å². The lowest BCUT2D eigenvalue weighted by molar-refractivity contribution is 0.0526. The highest BCUT2D eigenvalue weighted by molar-refractivity contribution is 5.89. The molecule has 1 aromatic carbocycles. The fourth-order valence-electron chi connectivity index (χ4n) is 1.18. The van der Waals surface area contributed by atoms with Gasteiger partial charge in [0.15, 0.2) is 0 Å². The van der Waals surface area contributed by atoms with E-state index in [1.54, 1.807) is 31.2 Å². The molecule has 0 radical (unpaired) electrons. The Morgan fingerprint density at radius 2 is 1.94 bits per heavy atom. The Kier molecular flexibility index (Phi) is 8.19. The second kappa shape index (κ2) is 8.84. The number of halogens is 1. The zero-order chi connectivity index (χ0) is 11.8. The molecule has 0 unspecified atom stereocenters. The molecule has 2 N–H and O–H groups in total. The van der Waals surface area contributed by atoms with Gasteiger partial charge in [0, 0.05) is 0 Å². The minimum Gasteiger partial charge on any atom is -0.494 e. The molecule has 17 heavy (non-hydrogen) atoms.